The van der Waals surface area contributed by atoms with Gasteiger partial charge in [-0.15, -0.1) is 0 Å². The van der Waals surface area contributed by atoms with Crippen molar-refractivity contribution in [2.45, 2.75) is 19.3 Å². The lowest BCUT2D eigenvalue weighted by Gasteiger charge is -2.33. The number of likely N-dealkylation sites (tertiary alicyclic amines) is 1. The van der Waals surface area contributed by atoms with E-state index < -0.39 is 0 Å². The van der Waals surface area contributed by atoms with Gasteiger partial charge in [-0.3, -0.25) is 4.79 Å². The van der Waals surface area contributed by atoms with Crippen molar-refractivity contribution < 1.29 is 4.79 Å². The highest BCUT2D eigenvalue weighted by Crippen LogP contribution is 2.21. The molecule has 3 rings (SSSR count). The second-order valence-electron chi connectivity index (χ2n) is 6.22. The maximum absolute atomic E-state index is 12.7. The zero-order chi connectivity index (χ0) is 15.4. The number of carbonyl (C=O) groups is 1. The second kappa shape index (κ2) is 6.93. The molecule has 1 amide bonds. The first kappa shape index (κ1) is 15.0. The highest BCUT2D eigenvalue weighted by Gasteiger charge is 2.23. The van der Waals surface area contributed by atoms with Gasteiger partial charge in [0.2, 0.25) is 5.91 Å². The largest absolute Gasteiger partial charge is 0.342 e. The Morgan fingerprint density at radius 3 is 2.91 bits per heavy atom. The average molecular weight is 296 g/mol. The van der Waals surface area contributed by atoms with E-state index in [1.54, 1.807) is 0 Å². The monoisotopic (exact) mass is 296 g/mol. The molecule has 0 aliphatic carbocycles. The number of benzene rings is 2. The molecule has 1 saturated heterocycles. The van der Waals surface area contributed by atoms with E-state index in [9.17, 15) is 4.79 Å². The van der Waals surface area contributed by atoms with E-state index in [0.29, 0.717) is 12.3 Å². The maximum atomic E-state index is 12.7. The van der Waals surface area contributed by atoms with Crippen LogP contribution in [0.25, 0.3) is 10.8 Å². The van der Waals surface area contributed by atoms with Gasteiger partial charge < -0.3 is 10.2 Å². The molecule has 1 N–H and O–H groups in total. The molecular formula is C19H24N2O. The lowest BCUT2D eigenvalue weighted by atomic mass is 9.96. The van der Waals surface area contributed by atoms with Crippen LogP contribution in [0, 0.1) is 5.92 Å². The summed E-state index contributed by atoms with van der Waals surface area (Å²) in [6, 6.07) is 14.5. The fourth-order valence-corrected chi connectivity index (χ4v) is 3.47. The molecule has 0 radical (unpaired) electrons. The number of amides is 1. The van der Waals surface area contributed by atoms with Crippen molar-refractivity contribution in [3.05, 3.63) is 48.0 Å². The minimum Gasteiger partial charge on any atom is -0.342 e. The van der Waals surface area contributed by atoms with Gasteiger partial charge in [-0.25, -0.2) is 0 Å². The van der Waals surface area contributed by atoms with Gasteiger partial charge in [0.1, 0.15) is 0 Å². The molecule has 1 unspecified atom stereocenters. The number of piperidine rings is 1. The molecule has 1 aliphatic heterocycles. The summed E-state index contributed by atoms with van der Waals surface area (Å²) in [4.78, 5) is 14.7. The van der Waals surface area contributed by atoms with E-state index in [1.165, 1.54) is 17.2 Å². The number of hydrogen-bond donors (Lipinski definition) is 1. The third-order valence-corrected chi connectivity index (χ3v) is 4.59. The van der Waals surface area contributed by atoms with E-state index in [-0.39, 0.29) is 5.91 Å². The first-order valence-corrected chi connectivity index (χ1v) is 8.17. The lowest BCUT2D eigenvalue weighted by Crippen LogP contribution is -2.43. The SMILES string of the molecule is CNCC1CCCN(C(=O)Cc2cccc3ccccc23)C1. The number of rotatable bonds is 4. The van der Waals surface area contributed by atoms with E-state index in [1.807, 2.05) is 30.1 Å². The summed E-state index contributed by atoms with van der Waals surface area (Å²) in [5, 5.41) is 5.64. The number of carbonyl (C=O) groups excluding carboxylic acids is 1. The van der Waals surface area contributed by atoms with Gasteiger partial charge in [0.15, 0.2) is 0 Å². The van der Waals surface area contributed by atoms with Gasteiger partial charge in [-0.05, 0) is 48.7 Å². The molecule has 0 bridgehead atoms. The minimum absolute atomic E-state index is 0.261. The smallest absolute Gasteiger partial charge is 0.227 e. The maximum Gasteiger partial charge on any atom is 0.227 e. The second-order valence-corrected chi connectivity index (χ2v) is 6.22. The van der Waals surface area contributed by atoms with Crippen LogP contribution in [0.5, 0.6) is 0 Å². The van der Waals surface area contributed by atoms with E-state index in [4.69, 9.17) is 0 Å². The fourth-order valence-electron chi connectivity index (χ4n) is 3.47. The predicted molar refractivity (Wildman–Crippen MR) is 90.9 cm³/mol. The van der Waals surface area contributed by atoms with Crippen LogP contribution < -0.4 is 5.32 Å². The molecule has 1 atom stereocenters. The van der Waals surface area contributed by atoms with Crippen LogP contribution in [0.4, 0.5) is 0 Å². The summed E-state index contributed by atoms with van der Waals surface area (Å²) in [6.07, 6.45) is 2.85. The van der Waals surface area contributed by atoms with E-state index >= 15 is 0 Å². The average Bonchev–Trinajstić information content (AvgIpc) is 2.56. The van der Waals surface area contributed by atoms with Crippen LogP contribution in [-0.4, -0.2) is 37.5 Å². The quantitative estimate of drug-likeness (QED) is 0.941. The van der Waals surface area contributed by atoms with Crippen LogP contribution in [-0.2, 0) is 11.2 Å². The molecule has 0 spiro atoms. The molecule has 2 aromatic carbocycles. The Morgan fingerprint density at radius 1 is 1.23 bits per heavy atom. The van der Waals surface area contributed by atoms with Crippen molar-refractivity contribution in [3.8, 4) is 0 Å². The van der Waals surface area contributed by atoms with Crippen molar-refractivity contribution in [1.82, 2.24) is 10.2 Å². The zero-order valence-corrected chi connectivity index (χ0v) is 13.2. The summed E-state index contributed by atoms with van der Waals surface area (Å²) in [5.74, 6) is 0.854. The molecule has 3 nitrogen and oxygen atoms in total. The third-order valence-electron chi connectivity index (χ3n) is 4.59. The Hall–Kier alpha value is -1.87. The Balaban J connectivity index is 1.73. The van der Waals surface area contributed by atoms with Crippen LogP contribution in [0.15, 0.2) is 42.5 Å². The summed E-state index contributed by atoms with van der Waals surface area (Å²) in [6.45, 7) is 2.80. The Morgan fingerprint density at radius 2 is 2.05 bits per heavy atom. The normalized spacial score (nSPS) is 18.6. The van der Waals surface area contributed by atoms with Crippen molar-refractivity contribution >= 4 is 16.7 Å². The van der Waals surface area contributed by atoms with Gasteiger partial charge in [-0.2, -0.15) is 0 Å². The molecule has 2 aromatic rings. The molecule has 1 aliphatic rings. The molecular weight excluding hydrogens is 272 g/mol. The number of nitrogens with zero attached hydrogens (tertiary/aromatic N) is 1. The first-order chi connectivity index (χ1) is 10.8. The molecule has 22 heavy (non-hydrogen) atoms. The molecule has 3 heteroatoms. The minimum atomic E-state index is 0.261. The Bertz CT molecular complexity index is 645. The van der Waals surface area contributed by atoms with Crippen LogP contribution >= 0.6 is 0 Å². The summed E-state index contributed by atoms with van der Waals surface area (Å²) in [5.41, 5.74) is 1.14. The summed E-state index contributed by atoms with van der Waals surface area (Å²) < 4.78 is 0. The van der Waals surface area contributed by atoms with Gasteiger partial charge in [0.25, 0.3) is 0 Å². The number of fused-ring (bicyclic) bond motifs is 1. The van der Waals surface area contributed by atoms with Gasteiger partial charge in [0.05, 0.1) is 6.42 Å². The highest BCUT2D eigenvalue weighted by atomic mass is 16.2. The highest BCUT2D eigenvalue weighted by molar-refractivity contribution is 5.90. The van der Waals surface area contributed by atoms with Crippen molar-refractivity contribution in [3.63, 3.8) is 0 Å². The topological polar surface area (TPSA) is 32.3 Å². The van der Waals surface area contributed by atoms with Crippen molar-refractivity contribution in [2.75, 3.05) is 26.7 Å². The molecule has 1 heterocycles. The number of nitrogens with one attached hydrogen (secondary N) is 1. The Labute approximate surface area is 132 Å². The first-order valence-electron chi connectivity index (χ1n) is 8.17. The third kappa shape index (κ3) is 3.30. The Kier molecular flexibility index (Phi) is 4.74. The molecule has 116 valence electrons. The van der Waals surface area contributed by atoms with Gasteiger partial charge in [-0.1, -0.05) is 42.5 Å². The molecule has 1 fully saturated rings. The van der Waals surface area contributed by atoms with E-state index in [2.05, 4.69) is 29.6 Å². The van der Waals surface area contributed by atoms with Crippen LogP contribution in [0.2, 0.25) is 0 Å². The predicted octanol–water partition coefficient (Wildman–Crippen LogP) is 2.84. The van der Waals surface area contributed by atoms with Crippen molar-refractivity contribution in [2.24, 2.45) is 5.92 Å². The summed E-state index contributed by atoms with van der Waals surface area (Å²) >= 11 is 0. The summed E-state index contributed by atoms with van der Waals surface area (Å²) in [7, 11) is 1.98. The molecule has 0 aromatic heterocycles. The van der Waals surface area contributed by atoms with E-state index in [0.717, 1.165) is 31.6 Å². The van der Waals surface area contributed by atoms with Crippen molar-refractivity contribution in [1.29, 1.82) is 0 Å². The number of hydrogen-bond acceptors (Lipinski definition) is 2. The van der Waals surface area contributed by atoms with Gasteiger partial charge >= 0.3 is 0 Å². The van der Waals surface area contributed by atoms with Gasteiger partial charge in [0, 0.05) is 13.1 Å². The van der Waals surface area contributed by atoms with Crippen LogP contribution in [0.1, 0.15) is 18.4 Å². The molecule has 0 saturated carbocycles. The lowest BCUT2D eigenvalue weighted by molar-refractivity contribution is -0.132. The standard InChI is InChI=1S/C19H24N2O/c1-20-13-15-6-5-11-21(14-15)19(22)12-17-9-4-8-16-7-2-3-10-18(16)17/h2-4,7-10,15,20H,5-6,11-14H2,1H3. The van der Waals surface area contributed by atoms with Crippen LogP contribution in [0.3, 0.4) is 0 Å². The zero-order valence-electron chi connectivity index (χ0n) is 13.2. The fraction of sp³-hybridized carbons (Fsp3) is 0.421.